The highest BCUT2D eigenvalue weighted by Gasteiger charge is 2.41. The van der Waals surface area contributed by atoms with Crippen molar-refractivity contribution in [1.29, 1.82) is 0 Å². The van der Waals surface area contributed by atoms with Crippen LogP contribution in [0.4, 0.5) is 23.2 Å². The molecule has 2 aromatic heterocycles. The van der Waals surface area contributed by atoms with Gasteiger partial charge >= 0.3 is 12.3 Å². The predicted octanol–water partition coefficient (Wildman–Crippen LogP) is 2.71. The SMILES string of the molecule is Cc1cnc(C(=O)Nc2ccc(OCC(F)(F)C(F)F)nc2)cn1. The van der Waals surface area contributed by atoms with Crippen LogP contribution in [-0.4, -0.2) is 39.8 Å². The minimum Gasteiger partial charge on any atom is -0.471 e. The average Bonchev–Trinajstić information content (AvgIpc) is 2.54. The number of halogens is 4. The summed E-state index contributed by atoms with van der Waals surface area (Å²) in [7, 11) is 0. The van der Waals surface area contributed by atoms with Crippen LogP contribution in [0, 0.1) is 6.92 Å². The molecule has 0 aliphatic carbocycles. The number of nitrogens with one attached hydrogen (secondary N) is 1. The Hall–Kier alpha value is -2.78. The maximum absolute atomic E-state index is 12.7. The minimum absolute atomic E-state index is 0.0810. The van der Waals surface area contributed by atoms with Crippen molar-refractivity contribution in [3.8, 4) is 5.88 Å². The van der Waals surface area contributed by atoms with Gasteiger partial charge in [0, 0.05) is 12.3 Å². The number of aromatic nitrogens is 3. The van der Waals surface area contributed by atoms with E-state index in [1.165, 1.54) is 18.5 Å². The molecule has 0 saturated carbocycles. The number of amides is 1. The number of rotatable bonds is 6. The summed E-state index contributed by atoms with van der Waals surface area (Å²) in [5.41, 5.74) is 0.975. The van der Waals surface area contributed by atoms with Crippen LogP contribution in [0.5, 0.6) is 5.88 Å². The first-order chi connectivity index (χ1) is 11.3. The lowest BCUT2D eigenvalue weighted by molar-refractivity contribution is -0.148. The number of carbonyl (C=O) groups excluding carboxylic acids is 1. The number of anilines is 1. The van der Waals surface area contributed by atoms with E-state index in [4.69, 9.17) is 0 Å². The lowest BCUT2D eigenvalue weighted by atomic mass is 10.3. The third kappa shape index (κ3) is 4.61. The van der Waals surface area contributed by atoms with E-state index in [-0.39, 0.29) is 17.3 Å². The highest BCUT2D eigenvalue weighted by atomic mass is 19.3. The summed E-state index contributed by atoms with van der Waals surface area (Å²) in [6.07, 6.45) is 0.0247. The fourth-order valence-electron chi connectivity index (χ4n) is 1.48. The van der Waals surface area contributed by atoms with Gasteiger partial charge in [0.2, 0.25) is 5.88 Å². The Kier molecular flexibility index (Phi) is 5.27. The van der Waals surface area contributed by atoms with Crippen LogP contribution < -0.4 is 10.1 Å². The fraction of sp³-hybridized carbons (Fsp3) is 0.286. The highest BCUT2D eigenvalue weighted by Crippen LogP contribution is 2.24. The third-order valence-electron chi connectivity index (χ3n) is 2.74. The fourth-order valence-corrected chi connectivity index (χ4v) is 1.48. The van der Waals surface area contributed by atoms with Gasteiger partial charge in [-0.1, -0.05) is 0 Å². The molecule has 2 heterocycles. The van der Waals surface area contributed by atoms with Crippen molar-refractivity contribution in [2.24, 2.45) is 0 Å². The molecular weight excluding hydrogens is 332 g/mol. The molecule has 0 radical (unpaired) electrons. The summed E-state index contributed by atoms with van der Waals surface area (Å²) < 4.78 is 54.0. The first-order valence-electron chi connectivity index (χ1n) is 6.63. The molecule has 24 heavy (non-hydrogen) atoms. The van der Waals surface area contributed by atoms with Crippen molar-refractivity contribution in [2.45, 2.75) is 19.3 Å². The van der Waals surface area contributed by atoms with Gasteiger partial charge in [0.25, 0.3) is 5.91 Å². The zero-order chi connectivity index (χ0) is 17.7. The molecule has 1 N–H and O–H groups in total. The lowest BCUT2D eigenvalue weighted by Gasteiger charge is -2.15. The minimum atomic E-state index is -4.27. The molecule has 0 aliphatic heterocycles. The Morgan fingerprint density at radius 2 is 1.96 bits per heavy atom. The summed E-state index contributed by atoms with van der Waals surface area (Å²) in [6, 6.07) is 2.49. The monoisotopic (exact) mass is 344 g/mol. The highest BCUT2D eigenvalue weighted by molar-refractivity contribution is 6.02. The second-order valence-corrected chi connectivity index (χ2v) is 4.73. The van der Waals surface area contributed by atoms with Crippen molar-refractivity contribution in [3.05, 3.63) is 42.1 Å². The smallest absolute Gasteiger partial charge is 0.340 e. The molecule has 128 valence electrons. The molecule has 0 saturated heterocycles. The van der Waals surface area contributed by atoms with Gasteiger partial charge < -0.3 is 10.1 Å². The van der Waals surface area contributed by atoms with Gasteiger partial charge in [-0.25, -0.2) is 18.7 Å². The van der Waals surface area contributed by atoms with Crippen LogP contribution in [0.1, 0.15) is 16.2 Å². The number of alkyl halides is 4. The molecule has 10 heteroatoms. The number of pyridine rings is 1. The van der Waals surface area contributed by atoms with Gasteiger partial charge in [0.15, 0.2) is 6.61 Å². The number of hydrogen-bond acceptors (Lipinski definition) is 5. The first kappa shape index (κ1) is 17.6. The molecule has 0 fully saturated rings. The number of ether oxygens (including phenoxy) is 1. The summed E-state index contributed by atoms with van der Waals surface area (Å²) >= 11 is 0. The molecular formula is C14H12F4N4O2. The van der Waals surface area contributed by atoms with Gasteiger partial charge in [0.05, 0.1) is 23.8 Å². The van der Waals surface area contributed by atoms with E-state index in [1.807, 2.05) is 0 Å². The molecule has 0 aliphatic rings. The number of hydrogen-bond donors (Lipinski definition) is 1. The Morgan fingerprint density at radius 1 is 1.21 bits per heavy atom. The van der Waals surface area contributed by atoms with Crippen LogP contribution in [0.3, 0.4) is 0 Å². The van der Waals surface area contributed by atoms with E-state index >= 15 is 0 Å². The van der Waals surface area contributed by atoms with E-state index in [0.29, 0.717) is 5.69 Å². The van der Waals surface area contributed by atoms with Crippen molar-refractivity contribution >= 4 is 11.6 Å². The van der Waals surface area contributed by atoms with Gasteiger partial charge in [-0.05, 0) is 13.0 Å². The molecule has 1 amide bonds. The first-order valence-corrected chi connectivity index (χ1v) is 6.63. The largest absolute Gasteiger partial charge is 0.471 e. The van der Waals surface area contributed by atoms with Gasteiger partial charge in [-0.3, -0.25) is 9.78 Å². The van der Waals surface area contributed by atoms with Crippen LogP contribution in [0.2, 0.25) is 0 Å². The normalized spacial score (nSPS) is 11.4. The van der Waals surface area contributed by atoms with Crippen LogP contribution in [-0.2, 0) is 0 Å². The molecule has 0 unspecified atom stereocenters. The molecule has 2 rings (SSSR count). The summed E-state index contributed by atoms with van der Waals surface area (Å²) in [4.78, 5) is 23.4. The number of aryl methyl sites for hydroxylation is 1. The standard InChI is InChI=1S/C14H12F4N4O2/c1-8-4-20-10(6-19-8)12(23)22-9-2-3-11(21-5-9)24-7-14(17,18)13(15)16/h2-6,13H,7H2,1H3,(H,22,23). The van der Waals surface area contributed by atoms with E-state index in [2.05, 4.69) is 25.0 Å². The van der Waals surface area contributed by atoms with Crippen LogP contribution in [0.25, 0.3) is 0 Å². The predicted molar refractivity (Wildman–Crippen MR) is 75.4 cm³/mol. The van der Waals surface area contributed by atoms with E-state index in [1.54, 1.807) is 6.92 Å². The molecule has 0 spiro atoms. The lowest BCUT2D eigenvalue weighted by Crippen LogP contribution is -2.33. The van der Waals surface area contributed by atoms with Crippen molar-refractivity contribution < 1.29 is 27.1 Å². The Balaban J connectivity index is 1.94. The Morgan fingerprint density at radius 3 is 2.50 bits per heavy atom. The topological polar surface area (TPSA) is 77.0 Å². The van der Waals surface area contributed by atoms with Crippen molar-refractivity contribution in [3.63, 3.8) is 0 Å². The molecule has 0 atom stereocenters. The molecule has 2 aromatic rings. The van der Waals surface area contributed by atoms with Crippen molar-refractivity contribution in [2.75, 3.05) is 11.9 Å². The quantitative estimate of drug-likeness (QED) is 0.816. The number of nitrogens with zero attached hydrogens (tertiary/aromatic N) is 3. The average molecular weight is 344 g/mol. The zero-order valence-corrected chi connectivity index (χ0v) is 12.3. The molecule has 0 aromatic carbocycles. The van der Waals surface area contributed by atoms with Gasteiger partial charge in [0.1, 0.15) is 5.69 Å². The van der Waals surface area contributed by atoms with E-state index in [0.717, 1.165) is 12.3 Å². The summed E-state index contributed by atoms with van der Waals surface area (Å²) in [5.74, 6) is -5.08. The van der Waals surface area contributed by atoms with Gasteiger partial charge in [-0.15, -0.1) is 0 Å². The molecule has 6 nitrogen and oxygen atoms in total. The van der Waals surface area contributed by atoms with Crippen LogP contribution in [0.15, 0.2) is 30.7 Å². The Bertz CT molecular complexity index is 693. The third-order valence-corrected chi connectivity index (χ3v) is 2.74. The molecule has 0 bridgehead atoms. The van der Waals surface area contributed by atoms with E-state index < -0.39 is 24.9 Å². The van der Waals surface area contributed by atoms with Gasteiger partial charge in [-0.2, -0.15) is 8.78 Å². The summed E-state index contributed by atoms with van der Waals surface area (Å²) in [6.45, 7) is 0.219. The zero-order valence-electron chi connectivity index (χ0n) is 12.3. The van der Waals surface area contributed by atoms with Crippen LogP contribution >= 0.6 is 0 Å². The number of carbonyl (C=O) groups is 1. The van der Waals surface area contributed by atoms with E-state index in [9.17, 15) is 22.4 Å². The summed E-state index contributed by atoms with van der Waals surface area (Å²) in [5, 5.41) is 2.47. The second kappa shape index (κ2) is 7.20. The Labute approximate surface area is 133 Å². The second-order valence-electron chi connectivity index (χ2n) is 4.73. The maximum atomic E-state index is 12.7. The maximum Gasteiger partial charge on any atom is 0.340 e. The van der Waals surface area contributed by atoms with Crippen molar-refractivity contribution in [1.82, 2.24) is 15.0 Å².